The maximum absolute atomic E-state index is 12.9. The fourth-order valence-corrected chi connectivity index (χ4v) is 3.89. The second-order valence-electron chi connectivity index (χ2n) is 8.39. The minimum absolute atomic E-state index is 0.0733. The lowest BCUT2D eigenvalue weighted by atomic mass is 10.1. The van der Waals surface area contributed by atoms with Gasteiger partial charge in [-0.15, -0.1) is 0 Å². The lowest BCUT2D eigenvalue weighted by Crippen LogP contribution is -2.49. The van der Waals surface area contributed by atoms with E-state index in [1.54, 1.807) is 53.4 Å². The van der Waals surface area contributed by atoms with Crippen molar-refractivity contribution >= 4 is 29.3 Å². The van der Waals surface area contributed by atoms with Crippen molar-refractivity contribution in [2.45, 2.75) is 0 Å². The summed E-state index contributed by atoms with van der Waals surface area (Å²) in [5.41, 5.74) is 7.41. The van der Waals surface area contributed by atoms with Gasteiger partial charge in [-0.2, -0.15) is 0 Å². The Bertz CT molecular complexity index is 1240. The molecule has 0 unspecified atom stereocenters. The number of guanidine groups is 1. The summed E-state index contributed by atoms with van der Waals surface area (Å²) >= 11 is 0. The van der Waals surface area contributed by atoms with E-state index in [4.69, 9.17) is 15.9 Å². The third-order valence-electron chi connectivity index (χ3n) is 5.83. The van der Waals surface area contributed by atoms with Gasteiger partial charge in [0.1, 0.15) is 5.75 Å². The Morgan fingerprint density at radius 2 is 1.42 bits per heavy atom. The van der Waals surface area contributed by atoms with Crippen LogP contribution in [0.25, 0.3) is 0 Å². The highest BCUT2D eigenvalue weighted by Gasteiger charge is 2.23. The summed E-state index contributed by atoms with van der Waals surface area (Å²) in [5.74, 6) is -0.434. The predicted octanol–water partition coefficient (Wildman–Crippen LogP) is 2.85. The molecule has 1 amide bonds. The molecule has 0 atom stereocenters. The van der Waals surface area contributed by atoms with E-state index in [1.165, 1.54) is 0 Å². The smallest absolute Gasteiger partial charge is 0.343 e. The largest absolute Gasteiger partial charge is 0.423 e. The van der Waals surface area contributed by atoms with Crippen LogP contribution in [0.15, 0.2) is 78.9 Å². The Labute approximate surface area is 209 Å². The fourth-order valence-electron chi connectivity index (χ4n) is 3.89. The van der Waals surface area contributed by atoms with Crippen molar-refractivity contribution in [3.63, 3.8) is 0 Å². The summed E-state index contributed by atoms with van der Waals surface area (Å²) in [5, 5.41) is 9.86. The van der Waals surface area contributed by atoms with E-state index in [0.29, 0.717) is 60.9 Å². The summed E-state index contributed by atoms with van der Waals surface area (Å²) in [4.78, 5) is 41.6. The number of esters is 1. The van der Waals surface area contributed by atoms with Gasteiger partial charge in [0, 0.05) is 43.0 Å². The van der Waals surface area contributed by atoms with Crippen LogP contribution in [0, 0.1) is 5.41 Å². The molecule has 0 aliphatic carbocycles. The van der Waals surface area contributed by atoms with Gasteiger partial charge in [-0.25, -0.2) is 4.79 Å². The van der Waals surface area contributed by atoms with Gasteiger partial charge in [0.25, 0.3) is 5.91 Å². The number of hydrogen-bond donors (Lipinski definition) is 3. The maximum atomic E-state index is 12.9. The third kappa shape index (κ3) is 6.34. The average molecular weight is 486 g/mol. The number of nitrogens with two attached hydrogens (primary N) is 1. The molecule has 4 N–H and O–H groups in total. The number of carbonyl (C=O) groups excluding carboxylic acids is 3. The van der Waals surface area contributed by atoms with Crippen LogP contribution in [0.5, 0.6) is 5.75 Å². The first-order valence-electron chi connectivity index (χ1n) is 11.5. The lowest BCUT2D eigenvalue weighted by Gasteiger charge is -2.34. The van der Waals surface area contributed by atoms with Crippen molar-refractivity contribution in [3.05, 3.63) is 95.6 Å². The standard InChI is InChI=1S/C27H27N5O4/c28-27(29)30-22-10-6-21(7-11-22)26(35)36-23-12-8-20(9-13-23)25(34)32-16-14-31(15-17-32)18-24(33)19-4-2-1-3-5-19/h1-13H,14-18H2,(H4,28,29,30). The number of carbonyl (C=O) groups is 3. The van der Waals surface area contributed by atoms with E-state index in [2.05, 4.69) is 10.2 Å². The van der Waals surface area contributed by atoms with Gasteiger partial charge in [-0.3, -0.25) is 19.9 Å². The van der Waals surface area contributed by atoms with Crippen molar-refractivity contribution in [1.29, 1.82) is 5.41 Å². The summed E-state index contributed by atoms with van der Waals surface area (Å²) in [6.45, 7) is 2.65. The summed E-state index contributed by atoms with van der Waals surface area (Å²) in [7, 11) is 0. The number of rotatable bonds is 7. The first kappa shape index (κ1) is 24.6. The summed E-state index contributed by atoms with van der Waals surface area (Å²) < 4.78 is 5.40. The highest BCUT2D eigenvalue weighted by Crippen LogP contribution is 2.18. The normalized spacial score (nSPS) is 13.6. The van der Waals surface area contributed by atoms with E-state index in [1.807, 2.05) is 30.3 Å². The molecule has 0 spiro atoms. The van der Waals surface area contributed by atoms with Crippen LogP contribution in [-0.4, -0.2) is 66.1 Å². The quantitative estimate of drug-likeness (QED) is 0.154. The SMILES string of the molecule is N=C(N)Nc1ccc(C(=O)Oc2ccc(C(=O)N3CCN(CC(=O)c4ccccc4)CC3)cc2)cc1. The molecule has 0 radical (unpaired) electrons. The van der Waals surface area contributed by atoms with Crippen molar-refractivity contribution in [2.75, 3.05) is 38.0 Å². The Hall–Kier alpha value is -4.50. The van der Waals surface area contributed by atoms with Gasteiger partial charge in [0.2, 0.25) is 0 Å². The molecule has 1 saturated heterocycles. The van der Waals surface area contributed by atoms with Gasteiger partial charge >= 0.3 is 5.97 Å². The molecule has 36 heavy (non-hydrogen) atoms. The van der Waals surface area contributed by atoms with Crippen LogP contribution in [0.3, 0.4) is 0 Å². The van der Waals surface area contributed by atoms with E-state index in [0.717, 1.165) is 0 Å². The molecule has 184 valence electrons. The van der Waals surface area contributed by atoms with Gasteiger partial charge in [-0.05, 0) is 48.5 Å². The highest BCUT2D eigenvalue weighted by atomic mass is 16.5. The number of piperazine rings is 1. The molecule has 0 bridgehead atoms. The zero-order valence-electron chi connectivity index (χ0n) is 19.6. The van der Waals surface area contributed by atoms with E-state index < -0.39 is 5.97 Å². The minimum atomic E-state index is -0.537. The van der Waals surface area contributed by atoms with Gasteiger partial charge in [0.05, 0.1) is 12.1 Å². The zero-order valence-corrected chi connectivity index (χ0v) is 19.6. The molecular formula is C27H27N5O4. The van der Waals surface area contributed by atoms with Gasteiger partial charge in [-0.1, -0.05) is 30.3 Å². The van der Waals surface area contributed by atoms with Crippen molar-refractivity contribution in [1.82, 2.24) is 9.80 Å². The molecule has 9 nitrogen and oxygen atoms in total. The van der Waals surface area contributed by atoms with Crippen LogP contribution in [-0.2, 0) is 0 Å². The van der Waals surface area contributed by atoms with Gasteiger partial charge < -0.3 is 20.7 Å². The van der Waals surface area contributed by atoms with Crippen LogP contribution >= 0.6 is 0 Å². The molecule has 1 heterocycles. The maximum Gasteiger partial charge on any atom is 0.343 e. The van der Waals surface area contributed by atoms with Crippen molar-refractivity contribution in [2.24, 2.45) is 5.73 Å². The van der Waals surface area contributed by atoms with E-state index in [9.17, 15) is 14.4 Å². The first-order valence-corrected chi connectivity index (χ1v) is 11.5. The molecule has 3 aromatic carbocycles. The lowest BCUT2D eigenvalue weighted by molar-refractivity contribution is 0.0624. The monoisotopic (exact) mass is 485 g/mol. The second-order valence-corrected chi connectivity index (χ2v) is 8.39. The molecule has 0 aromatic heterocycles. The van der Waals surface area contributed by atoms with Crippen molar-refractivity contribution in [3.8, 4) is 5.75 Å². The third-order valence-corrected chi connectivity index (χ3v) is 5.83. The Kier molecular flexibility index (Phi) is 7.72. The average Bonchev–Trinajstić information content (AvgIpc) is 2.90. The topological polar surface area (TPSA) is 129 Å². The molecule has 3 aromatic rings. The molecule has 4 rings (SSSR count). The number of ether oxygens (including phenoxy) is 1. The highest BCUT2D eigenvalue weighted by molar-refractivity contribution is 5.98. The number of benzene rings is 3. The molecule has 1 fully saturated rings. The molecule has 0 saturated carbocycles. The van der Waals surface area contributed by atoms with Crippen molar-refractivity contribution < 1.29 is 19.1 Å². The van der Waals surface area contributed by atoms with E-state index >= 15 is 0 Å². The Balaban J connectivity index is 1.27. The number of hydrogen-bond acceptors (Lipinski definition) is 6. The molecular weight excluding hydrogens is 458 g/mol. The van der Waals surface area contributed by atoms with Crippen LogP contribution in [0.4, 0.5) is 5.69 Å². The number of ketones is 1. The zero-order chi connectivity index (χ0) is 25.5. The van der Waals surface area contributed by atoms with Crippen LogP contribution < -0.4 is 15.8 Å². The summed E-state index contributed by atoms with van der Waals surface area (Å²) in [6.07, 6.45) is 0. The summed E-state index contributed by atoms with van der Waals surface area (Å²) in [6, 6.07) is 22.0. The Morgan fingerprint density at radius 1 is 0.806 bits per heavy atom. The Morgan fingerprint density at radius 3 is 2.03 bits per heavy atom. The first-order chi connectivity index (χ1) is 17.4. The number of nitrogens with zero attached hydrogens (tertiary/aromatic N) is 2. The molecule has 1 aliphatic rings. The molecule has 9 heteroatoms. The van der Waals surface area contributed by atoms with Crippen LogP contribution in [0.2, 0.25) is 0 Å². The fraction of sp³-hybridized carbons (Fsp3) is 0.185. The molecule has 1 aliphatic heterocycles. The number of amides is 1. The number of nitrogens with one attached hydrogen (secondary N) is 2. The van der Waals surface area contributed by atoms with Crippen LogP contribution in [0.1, 0.15) is 31.1 Å². The second kappa shape index (κ2) is 11.3. The number of anilines is 1. The predicted molar refractivity (Wildman–Crippen MR) is 136 cm³/mol. The number of Topliss-reactive ketones (excluding diaryl/α,β-unsaturated/α-hetero) is 1. The van der Waals surface area contributed by atoms with E-state index in [-0.39, 0.29) is 17.6 Å². The van der Waals surface area contributed by atoms with Gasteiger partial charge in [0.15, 0.2) is 11.7 Å². The minimum Gasteiger partial charge on any atom is -0.423 e.